The van der Waals surface area contributed by atoms with Crippen LogP contribution >= 0.6 is 0 Å². The number of carbonyl (C=O) groups excluding carboxylic acids is 3. The van der Waals surface area contributed by atoms with E-state index < -0.39 is 17.8 Å². The Bertz CT molecular complexity index is 1250. The number of anilines is 1. The fourth-order valence-corrected chi connectivity index (χ4v) is 2.93. The van der Waals surface area contributed by atoms with E-state index in [2.05, 4.69) is 5.32 Å². The lowest BCUT2D eigenvalue weighted by atomic mass is 10.1. The standard InChI is InChI=1S/C25H20N2O6/c1-3-32-24(29)17-10-8-16(9-11-17)22-13-12-19(33-22)14-18(15-26)23(28)27-21-7-5-4-6-20(21)25(30)31-2/h4-14H,3H2,1-2H3,(H,27,28). The van der Waals surface area contributed by atoms with E-state index in [4.69, 9.17) is 13.9 Å². The van der Waals surface area contributed by atoms with Gasteiger partial charge in [-0.15, -0.1) is 0 Å². The Morgan fingerprint density at radius 1 is 1.03 bits per heavy atom. The molecule has 8 nitrogen and oxygen atoms in total. The van der Waals surface area contributed by atoms with Gasteiger partial charge in [0.15, 0.2) is 0 Å². The van der Waals surface area contributed by atoms with Crippen molar-refractivity contribution < 1.29 is 28.3 Å². The van der Waals surface area contributed by atoms with Gasteiger partial charge in [-0.05, 0) is 43.3 Å². The van der Waals surface area contributed by atoms with Gasteiger partial charge in [0.2, 0.25) is 0 Å². The third-order valence-electron chi connectivity index (χ3n) is 4.54. The third-order valence-corrected chi connectivity index (χ3v) is 4.54. The first-order chi connectivity index (χ1) is 16.0. The van der Waals surface area contributed by atoms with Crippen molar-refractivity contribution in [3.05, 3.63) is 83.1 Å². The van der Waals surface area contributed by atoms with Crippen LogP contribution < -0.4 is 5.32 Å². The number of hydrogen-bond acceptors (Lipinski definition) is 7. The van der Waals surface area contributed by atoms with Crippen LogP contribution in [0.25, 0.3) is 17.4 Å². The molecule has 0 unspecified atom stereocenters. The zero-order chi connectivity index (χ0) is 23.8. The van der Waals surface area contributed by atoms with Crippen molar-refractivity contribution in [1.29, 1.82) is 5.26 Å². The van der Waals surface area contributed by atoms with Gasteiger partial charge in [-0.1, -0.05) is 24.3 Å². The molecule has 33 heavy (non-hydrogen) atoms. The van der Waals surface area contributed by atoms with Gasteiger partial charge in [-0.25, -0.2) is 9.59 Å². The van der Waals surface area contributed by atoms with Crippen LogP contribution in [0.1, 0.15) is 33.4 Å². The Kier molecular flexibility index (Phi) is 7.39. The Morgan fingerprint density at radius 3 is 2.42 bits per heavy atom. The fraction of sp³-hybridized carbons (Fsp3) is 0.120. The van der Waals surface area contributed by atoms with Crippen molar-refractivity contribution in [2.24, 2.45) is 0 Å². The maximum atomic E-state index is 12.6. The van der Waals surface area contributed by atoms with Crippen LogP contribution in [0.2, 0.25) is 0 Å². The summed E-state index contributed by atoms with van der Waals surface area (Å²) >= 11 is 0. The number of nitrogens with one attached hydrogen (secondary N) is 1. The molecule has 0 saturated carbocycles. The van der Waals surface area contributed by atoms with E-state index in [0.717, 1.165) is 0 Å². The molecule has 166 valence electrons. The van der Waals surface area contributed by atoms with E-state index in [1.807, 2.05) is 6.07 Å². The van der Waals surface area contributed by atoms with Gasteiger partial charge in [0.25, 0.3) is 5.91 Å². The Labute approximate surface area is 190 Å². The first-order valence-corrected chi connectivity index (χ1v) is 9.94. The number of para-hydroxylation sites is 1. The summed E-state index contributed by atoms with van der Waals surface area (Å²) in [5.74, 6) is -0.952. The van der Waals surface area contributed by atoms with Gasteiger partial charge >= 0.3 is 11.9 Å². The van der Waals surface area contributed by atoms with E-state index in [1.54, 1.807) is 55.5 Å². The number of nitriles is 1. The Balaban J connectivity index is 1.78. The topological polar surface area (TPSA) is 119 Å². The first kappa shape index (κ1) is 23.0. The monoisotopic (exact) mass is 444 g/mol. The number of esters is 2. The quantitative estimate of drug-likeness (QED) is 0.325. The predicted molar refractivity (Wildman–Crippen MR) is 120 cm³/mol. The van der Waals surface area contributed by atoms with Gasteiger partial charge in [0, 0.05) is 11.6 Å². The number of rotatable bonds is 7. The average Bonchev–Trinajstić information content (AvgIpc) is 3.31. The third kappa shape index (κ3) is 5.54. The molecular formula is C25H20N2O6. The van der Waals surface area contributed by atoms with Crippen molar-refractivity contribution in [2.45, 2.75) is 6.92 Å². The summed E-state index contributed by atoms with van der Waals surface area (Å²) < 4.78 is 15.4. The van der Waals surface area contributed by atoms with Crippen molar-refractivity contribution in [3.8, 4) is 17.4 Å². The molecule has 3 rings (SSSR count). The molecule has 2 aromatic carbocycles. The van der Waals surface area contributed by atoms with Crippen molar-refractivity contribution in [1.82, 2.24) is 0 Å². The summed E-state index contributed by atoms with van der Waals surface area (Å²) in [7, 11) is 1.24. The molecule has 0 aliphatic rings. The van der Waals surface area contributed by atoms with Crippen molar-refractivity contribution >= 4 is 29.6 Å². The maximum Gasteiger partial charge on any atom is 0.339 e. The summed E-state index contributed by atoms with van der Waals surface area (Å²) in [6.07, 6.45) is 1.30. The second-order valence-electron chi connectivity index (χ2n) is 6.66. The molecule has 1 amide bonds. The summed E-state index contributed by atoms with van der Waals surface area (Å²) in [5.41, 5.74) is 1.29. The summed E-state index contributed by atoms with van der Waals surface area (Å²) in [4.78, 5) is 36.3. The second-order valence-corrected chi connectivity index (χ2v) is 6.66. The molecule has 0 aliphatic carbocycles. The van der Waals surface area contributed by atoms with E-state index in [-0.39, 0.29) is 29.2 Å². The molecule has 0 aliphatic heterocycles. The highest BCUT2D eigenvalue weighted by Gasteiger charge is 2.16. The number of furan rings is 1. The van der Waals surface area contributed by atoms with Gasteiger partial charge in [0.1, 0.15) is 23.2 Å². The van der Waals surface area contributed by atoms with Gasteiger partial charge in [-0.2, -0.15) is 5.26 Å². The minimum atomic E-state index is -0.703. The number of nitrogens with zero attached hydrogens (tertiary/aromatic N) is 1. The minimum Gasteiger partial charge on any atom is -0.465 e. The average molecular weight is 444 g/mol. The molecule has 0 atom stereocenters. The van der Waals surface area contributed by atoms with Crippen LogP contribution in [0.5, 0.6) is 0 Å². The van der Waals surface area contributed by atoms with Crippen LogP contribution in [0.4, 0.5) is 5.69 Å². The van der Waals surface area contributed by atoms with Crippen LogP contribution in [0, 0.1) is 11.3 Å². The molecule has 0 fully saturated rings. The van der Waals surface area contributed by atoms with Crippen LogP contribution in [0.15, 0.2) is 70.7 Å². The predicted octanol–water partition coefficient (Wildman–Crippen LogP) is 4.46. The molecule has 0 bridgehead atoms. The molecule has 0 radical (unpaired) electrons. The van der Waals surface area contributed by atoms with E-state index in [9.17, 15) is 19.6 Å². The van der Waals surface area contributed by atoms with Crippen LogP contribution in [-0.2, 0) is 14.3 Å². The number of methoxy groups -OCH3 is 1. The zero-order valence-electron chi connectivity index (χ0n) is 18.0. The number of benzene rings is 2. The van der Waals surface area contributed by atoms with E-state index >= 15 is 0 Å². The molecule has 8 heteroatoms. The first-order valence-electron chi connectivity index (χ1n) is 9.94. The summed E-state index contributed by atoms with van der Waals surface area (Å²) in [6.45, 7) is 2.02. The fourth-order valence-electron chi connectivity index (χ4n) is 2.93. The zero-order valence-corrected chi connectivity index (χ0v) is 18.0. The highest BCUT2D eigenvalue weighted by Crippen LogP contribution is 2.24. The highest BCUT2D eigenvalue weighted by atomic mass is 16.5. The van der Waals surface area contributed by atoms with Gasteiger partial charge in [0.05, 0.1) is 30.5 Å². The summed E-state index contributed by atoms with van der Waals surface area (Å²) in [5, 5.41) is 12.0. The molecule has 1 N–H and O–H groups in total. The lowest BCUT2D eigenvalue weighted by Gasteiger charge is -2.08. The minimum absolute atomic E-state index is 0.164. The SMILES string of the molecule is CCOC(=O)c1ccc(-c2ccc(C=C(C#N)C(=O)Nc3ccccc3C(=O)OC)o2)cc1. The molecular weight excluding hydrogens is 424 g/mol. The van der Waals surface area contributed by atoms with E-state index in [0.29, 0.717) is 16.9 Å². The number of amides is 1. The molecule has 1 heterocycles. The molecule has 1 aromatic heterocycles. The van der Waals surface area contributed by atoms with Crippen LogP contribution in [0.3, 0.4) is 0 Å². The van der Waals surface area contributed by atoms with Crippen molar-refractivity contribution in [3.63, 3.8) is 0 Å². The normalized spacial score (nSPS) is 10.8. The Morgan fingerprint density at radius 2 is 1.76 bits per heavy atom. The van der Waals surface area contributed by atoms with Crippen molar-refractivity contribution in [2.75, 3.05) is 19.0 Å². The van der Waals surface area contributed by atoms with Gasteiger partial charge < -0.3 is 19.2 Å². The molecule has 3 aromatic rings. The molecule has 0 spiro atoms. The van der Waals surface area contributed by atoms with Gasteiger partial charge in [-0.3, -0.25) is 4.79 Å². The smallest absolute Gasteiger partial charge is 0.339 e. The maximum absolute atomic E-state index is 12.6. The Hall–Kier alpha value is -4.64. The second kappa shape index (κ2) is 10.6. The molecule has 0 saturated heterocycles. The lowest BCUT2D eigenvalue weighted by Crippen LogP contribution is -2.16. The van der Waals surface area contributed by atoms with E-state index in [1.165, 1.54) is 25.3 Å². The lowest BCUT2D eigenvalue weighted by molar-refractivity contribution is -0.112. The largest absolute Gasteiger partial charge is 0.465 e. The number of hydrogen-bond donors (Lipinski definition) is 1. The summed E-state index contributed by atoms with van der Waals surface area (Å²) in [6, 6.07) is 18.1. The highest BCUT2D eigenvalue weighted by molar-refractivity contribution is 6.11. The number of carbonyl (C=O) groups is 3. The number of ether oxygens (including phenoxy) is 2. The van der Waals surface area contributed by atoms with Crippen LogP contribution in [-0.4, -0.2) is 31.6 Å².